The first-order valence-electron chi connectivity index (χ1n) is 8.39. The Labute approximate surface area is 157 Å². The molecular weight excluding hydrogens is 354 g/mol. The van der Waals surface area contributed by atoms with Gasteiger partial charge < -0.3 is 14.8 Å². The van der Waals surface area contributed by atoms with E-state index in [2.05, 4.69) is 5.32 Å². The maximum atomic E-state index is 12.8. The molecule has 1 N–H and O–H groups in total. The molecule has 1 amide bonds. The minimum absolute atomic E-state index is 0.121. The third-order valence-electron chi connectivity index (χ3n) is 4.41. The number of nitrogens with one attached hydrogen (secondary N) is 1. The second-order valence-corrected chi connectivity index (χ2v) is 6.79. The van der Waals surface area contributed by atoms with E-state index in [-0.39, 0.29) is 11.9 Å². The van der Waals surface area contributed by atoms with Crippen molar-refractivity contribution in [1.82, 2.24) is 0 Å². The standard InChI is InChI=1S/C20H20ClNO4/c1-12-10-15(12)20(24)26-18(13-6-4-3-5-7-13)19(23)22-14-8-9-17(25-2)16(21)11-14/h3-9,11-12,15,18H,10H2,1-2H3,(H,22,23)/t12-,15+,18-/m0/s1. The SMILES string of the molecule is COc1ccc(NC(=O)[C@@H](OC(=O)[C@@H]2C[C@@H]2C)c2ccccc2)cc1Cl. The van der Waals surface area contributed by atoms with E-state index >= 15 is 0 Å². The van der Waals surface area contributed by atoms with Gasteiger partial charge in [-0.2, -0.15) is 0 Å². The van der Waals surface area contributed by atoms with Gasteiger partial charge in [-0.1, -0.05) is 48.9 Å². The number of anilines is 1. The maximum absolute atomic E-state index is 12.8. The summed E-state index contributed by atoms with van der Waals surface area (Å²) in [4.78, 5) is 25.0. The van der Waals surface area contributed by atoms with Gasteiger partial charge in [0, 0.05) is 11.3 Å². The van der Waals surface area contributed by atoms with Crippen molar-refractivity contribution in [3.63, 3.8) is 0 Å². The van der Waals surface area contributed by atoms with E-state index in [1.807, 2.05) is 13.0 Å². The molecule has 0 unspecified atom stereocenters. The van der Waals surface area contributed by atoms with E-state index in [0.717, 1.165) is 6.42 Å². The second-order valence-electron chi connectivity index (χ2n) is 6.39. The Bertz CT molecular complexity index is 809. The zero-order valence-corrected chi connectivity index (χ0v) is 15.3. The van der Waals surface area contributed by atoms with E-state index < -0.39 is 12.0 Å². The van der Waals surface area contributed by atoms with Gasteiger partial charge in [-0.05, 0) is 30.5 Å². The molecule has 0 bridgehead atoms. The van der Waals surface area contributed by atoms with E-state index in [1.54, 1.807) is 42.5 Å². The Kier molecular flexibility index (Phi) is 5.47. The van der Waals surface area contributed by atoms with Gasteiger partial charge in [-0.25, -0.2) is 0 Å². The van der Waals surface area contributed by atoms with E-state index in [9.17, 15) is 9.59 Å². The van der Waals surface area contributed by atoms with Gasteiger partial charge in [0.15, 0.2) is 0 Å². The van der Waals surface area contributed by atoms with E-state index in [0.29, 0.717) is 27.9 Å². The average Bonchev–Trinajstić information content (AvgIpc) is 3.37. The van der Waals surface area contributed by atoms with Crippen molar-refractivity contribution in [2.45, 2.75) is 19.4 Å². The van der Waals surface area contributed by atoms with Crippen LogP contribution >= 0.6 is 11.6 Å². The summed E-state index contributed by atoms with van der Waals surface area (Å²) in [6.07, 6.45) is -0.215. The van der Waals surface area contributed by atoms with Gasteiger partial charge in [-0.3, -0.25) is 9.59 Å². The Morgan fingerprint density at radius 1 is 1.19 bits per heavy atom. The number of hydrogen-bond acceptors (Lipinski definition) is 4. The molecule has 136 valence electrons. The van der Waals surface area contributed by atoms with Gasteiger partial charge in [0.05, 0.1) is 18.1 Å². The molecule has 2 aromatic carbocycles. The normalized spacial score (nSPS) is 19.3. The quantitative estimate of drug-likeness (QED) is 0.769. The highest BCUT2D eigenvalue weighted by Crippen LogP contribution is 2.40. The van der Waals surface area contributed by atoms with Gasteiger partial charge in [-0.15, -0.1) is 0 Å². The topological polar surface area (TPSA) is 64.6 Å². The number of carbonyl (C=O) groups excluding carboxylic acids is 2. The van der Waals surface area contributed by atoms with Gasteiger partial charge in [0.25, 0.3) is 5.91 Å². The summed E-state index contributed by atoms with van der Waals surface area (Å²) in [5, 5.41) is 3.13. The molecule has 1 aliphatic rings. The van der Waals surface area contributed by atoms with Crippen molar-refractivity contribution in [3.8, 4) is 5.75 Å². The van der Waals surface area contributed by atoms with Crippen LogP contribution in [0.5, 0.6) is 5.75 Å². The molecule has 0 aliphatic heterocycles. The van der Waals surface area contributed by atoms with Crippen LogP contribution in [0.25, 0.3) is 0 Å². The average molecular weight is 374 g/mol. The van der Waals surface area contributed by atoms with Crippen molar-refractivity contribution in [2.24, 2.45) is 11.8 Å². The smallest absolute Gasteiger partial charge is 0.310 e. The van der Waals surface area contributed by atoms with Crippen molar-refractivity contribution < 1.29 is 19.1 Å². The molecule has 0 saturated heterocycles. The first-order valence-corrected chi connectivity index (χ1v) is 8.77. The van der Waals surface area contributed by atoms with Crippen LogP contribution in [0.1, 0.15) is 25.0 Å². The molecule has 2 aromatic rings. The van der Waals surface area contributed by atoms with Crippen molar-refractivity contribution in [2.75, 3.05) is 12.4 Å². The molecule has 0 aromatic heterocycles. The Morgan fingerprint density at radius 3 is 2.46 bits per heavy atom. The van der Waals surface area contributed by atoms with Crippen LogP contribution in [-0.2, 0) is 14.3 Å². The third-order valence-corrected chi connectivity index (χ3v) is 4.70. The summed E-state index contributed by atoms with van der Waals surface area (Å²) < 4.78 is 10.6. The highest BCUT2D eigenvalue weighted by atomic mass is 35.5. The molecule has 6 heteroatoms. The number of ether oxygens (including phenoxy) is 2. The molecule has 0 heterocycles. The largest absolute Gasteiger partial charge is 0.495 e. The lowest BCUT2D eigenvalue weighted by Gasteiger charge is -2.18. The zero-order chi connectivity index (χ0) is 18.7. The Hall–Kier alpha value is -2.53. The van der Waals surface area contributed by atoms with E-state index in [1.165, 1.54) is 7.11 Å². The van der Waals surface area contributed by atoms with Crippen LogP contribution < -0.4 is 10.1 Å². The molecular formula is C20H20ClNO4. The Morgan fingerprint density at radius 2 is 1.88 bits per heavy atom. The number of rotatable bonds is 6. The molecule has 0 radical (unpaired) electrons. The van der Waals surface area contributed by atoms with Crippen molar-refractivity contribution in [3.05, 3.63) is 59.1 Å². The summed E-state index contributed by atoms with van der Waals surface area (Å²) in [6, 6.07) is 13.9. The predicted molar refractivity (Wildman–Crippen MR) is 99.2 cm³/mol. The summed E-state index contributed by atoms with van der Waals surface area (Å²) in [5.74, 6) is -0.0707. The second kappa shape index (κ2) is 7.79. The predicted octanol–water partition coefficient (Wildman–Crippen LogP) is 4.23. The van der Waals surface area contributed by atoms with Crippen LogP contribution in [-0.4, -0.2) is 19.0 Å². The monoisotopic (exact) mass is 373 g/mol. The molecule has 0 spiro atoms. The number of amides is 1. The molecule has 3 atom stereocenters. The minimum atomic E-state index is -1.02. The van der Waals surface area contributed by atoms with Crippen LogP contribution in [0.15, 0.2) is 48.5 Å². The number of esters is 1. The highest BCUT2D eigenvalue weighted by molar-refractivity contribution is 6.32. The van der Waals surface area contributed by atoms with Crippen LogP contribution in [0.3, 0.4) is 0 Å². The lowest BCUT2D eigenvalue weighted by molar-refractivity contribution is -0.156. The molecule has 1 saturated carbocycles. The summed E-state index contributed by atoms with van der Waals surface area (Å²) in [6.45, 7) is 1.99. The third kappa shape index (κ3) is 4.17. The summed E-state index contributed by atoms with van der Waals surface area (Å²) in [5.41, 5.74) is 1.11. The fraction of sp³-hybridized carbons (Fsp3) is 0.300. The number of benzene rings is 2. The number of halogens is 1. The maximum Gasteiger partial charge on any atom is 0.310 e. The minimum Gasteiger partial charge on any atom is -0.495 e. The molecule has 1 aliphatic carbocycles. The lowest BCUT2D eigenvalue weighted by atomic mass is 10.1. The first kappa shape index (κ1) is 18.3. The number of hydrogen-bond donors (Lipinski definition) is 1. The van der Waals surface area contributed by atoms with E-state index in [4.69, 9.17) is 21.1 Å². The van der Waals surface area contributed by atoms with Gasteiger partial charge in [0.1, 0.15) is 5.75 Å². The molecule has 5 nitrogen and oxygen atoms in total. The molecule has 1 fully saturated rings. The first-order chi connectivity index (χ1) is 12.5. The number of carbonyl (C=O) groups is 2. The van der Waals surface area contributed by atoms with Crippen LogP contribution in [0, 0.1) is 11.8 Å². The van der Waals surface area contributed by atoms with Crippen molar-refractivity contribution >= 4 is 29.2 Å². The molecule has 3 rings (SSSR count). The number of methoxy groups -OCH3 is 1. The summed E-state index contributed by atoms with van der Waals surface area (Å²) in [7, 11) is 1.52. The van der Waals surface area contributed by atoms with Gasteiger partial charge >= 0.3 is 5.97 Å². The highest BCUT2D eigenvalue weighted by Gasteiger charge is 2.42. The molecule has 26 heavy (non-hydrogen) atoms. The fourth-order valence-corrected chi connectivity index (χ4v) is 2.96. The van der Waals surface area contributed by atoms with Crippen LogP contribution in [0.2, 0.25) is 5.02 Å². The lowest BCUT2D eigenvalue weighted by Crippen LogP contribution is -2.26. The zero-order valence-electron chi connectivity index (χ0n) is 14.6. The fourth-order valence-electron chi connectivity index (χ4n) is 2.71. The Balaban J connectivity index is 1.78. The van der Waals surface area contributed by atoms with Gasteiger partial charge in [0.2, 0.25) is 6.10 Å². The van der Waals surface area contributed by atoms with Crippen molar-refractivity contribution in [1.29, 1.82) is 0 Å². The van der Waals surface area contributed by atoms with Crippen LogP contribution in [0.4, 0.5) is 5.69 Å². The summed E-state index contributed by atoms with van der Waals surface area (Å²) >= 11 is 6.10.